The summed E-state index contributed by atoms with van der Waals surface area (Å²) in [6.45, 7) is 9.23. The van der Waals surface area contributed by atoms with Crippen molar-refractivity contribution in [3.63, 3.8) is 0 Å². The number of likely N-dealkylation sites (tertiary alicyclic amines) is 1. The molecule has 4 aliphatic rings. The Morgan fingerprint density at radius 3 is 2.39 bits per heavy atom. The fourth-order valence-corrected chi connectivity index (χ4v) is 8.22. The fourth-order valence-electron chi connectivity index (χ4n) is 6.86. The van der Waals surface area contributed by atoms with Crippen molar-refractivity contribution >= 4 is 50.5 Å². The number of sulfonamides is 1. The summed E-state index contributed by atoms with van der Waals surface area (Å²) in [4.78, 5) is 69.9. The lowest BCUT2D eigenvalue weighted by molar-refractivity contribution is -0.144. The number of nitrogens with one attached hydrogen (secondary N) is 4. The van der Waals surface area contributed by atoms with E-state index in [-0.39, 0.29) is 31.2 Å². The Morgan fingerprint density at radius 2 is 1.78 bits per heavy atom. The molecule has 5 atom stereocenters. The number of carbonyl (C=O) groups excluding carboxylic acids is 5. The summed E-state index contributed by atoms with van der Waals surface area (Å²) < 4.78 is 29.3. The molecular weight excluding hydrogens is 648 g/mol. The number of carbonyl (C=O) groups is 5. The molecule has 1 saturated heterocycles. The maximum Gasteiger partial charge on any atom is 0.259 e. The molecule has 264 valence electrons. The second kappa shape index (κ2) is 12.6. The summed E-state index contributed by atoms with van der Waals surface area (Å²) in [6.07, 6.45) is 6.60. The maximum absolute atomic E-state index is 14.4. The lowest BCUT2D eigenvalue weighted by Crippen LogP contribution is -2.60. The highest BCUT2D eigenvalue weighted by Gasteiger charge is 2.62. The van der Waals surface area contributed by atoms with E-state index in [0.29, 0.717) is 30.7 Å². The Bertz CT molecular complexity index is 1820. The standard InChI is InChI=1S/C35H46N6O7S/c1-6-21-17-35(21,33(46)39-49(47,48)23-13-14-23)38-31(44)27-16-22(36-30(43)25-19-40(5)26-10-8-7-9-24(25)26)18-41(27)32(45)29(34(2,3)4)37-28(42)15-20-11-12-20/h6-10,19-23,27,29H,1,11-18H2,2-5H3,(H,36,43)(H,37,42)(H,38,44)(H,39,46)/t21?,22-,27+,29-,35?/m1/s1. The van der Waals surface area contributed by atoms with Crippen LogP contribution < -0.4 is 20.7 Å². The SMILES string of the molecule is C=CC1CC1(NC(=O)[C@@H]1C[C@@H](NC(=O)c2cn(C)c3ccccc23)CN1C(=O)[C@@H](NC(=O)CC1CC1)C(C)(C)C)C(=O)NS(=O)(=O)C1CC1. The van der Waals surface area contributed by atoms with Crippen LogP contribution >= 0.6 is 0 Å². The van der Waals surface area contributed by atoms with Crippen molar-refractivity contribution in [2.75, 3.05) is 6.54 Å². The number of para-hydroxylation sites is 1. The van der Waals surface area contributed by atoms with Crippen molar-refractivity contribution < 1.29 is 32.4 Å². The monoisotopic (exact) mass is 694 g/mol. The molecule has 49 heavy (non-hydrogen) atoms. The van der Waals surface area contributed by atoms with E-state index in [0.717, 1.165) is 23.7 Å². The molecule has 2 unspecified atom stereocenters. The van der Waals surface area contributed by atoms with Gasteiger partial charge in [0, 0.05) is 49.1 Å². The fraction of sp³-hybridized carbons (Fsp3) is 0.571. The van der Waals surface area contributed by atoms with Crippen molar-refractivity contribution in [3.8, 4) is 0 Å². The van der Waals surface area contributed by atoms with Crippen LogP contribution in [0.1, 0.15) is 76.1 Å². The van der Waals surface area contributed by atoms with Gasteiger partial charge in [-0.25, -0.2) is 8.42 Å². The molecule has 1 aromatic heterocycles. The van der Waals surface area contributed by atoms with Gasteiger partial charge in [0.15, 0.2) is 0 Å². The zero-order chi connectivity index (χ0) is 35.5. The largest absolute Gasteiger partial charge is 0.350 e. The molecule has 1 aliphatic heterocycles. The van der Waals surface area contributed by atoms with Crippen molar-refractivity contribution in [2.24, 2.45) is 24.3 Å². The number of nitrogens with zero attached hydrogens (tertiary/aromatic N) is 2. The smallest absolute Gasteiger partial charge is 0.259 e. The number of hydrogen-bond acceptors (Lipinski definition) is 7. The van der Waals surface area contributed by atoms with Crippen LogP contribution in [0.15, 0.2) is 43.1 Å². The number of benzene rings is 1. The van der Waals surface area contributed by atoms with Crippen LogP contribution in [0.4, 0.5) is 0 Å². The molecule has 4 N–H and O–H groups in total. The van der Waals surface area contributed by atoms with E-state index in [9.17, 15) is 32.4 Å². The molecule has 5 amide bonds. The minimum Gasteiger partial charge on any atom is -0.350 e. The third-order valence-corrected chi connectivity index (χ3v) is 12.0. The predicted molar refractivity (Wildman–Crippen MR) is 182 cm³/mol. The van der Waals surface area contributed by atoms with Gasteiger partial charge in [-0.1, -0.05) is 45.0 Å². The average molecular weight is 695 g/mol. The molecule has 0 spiro atoms. The first kappa shape index (κ1) is 34.7. The Kier molecular flexibility index (Phi) is 8.91. The van der Waals surface area contributed by atoms with E-state index in [1.165, 1.54) is 11.0 Å². The molecule has 14 heteroatoms. The van der Waals surface area contributed by atoms with E-state index in [2.05, 4.69) is 27.3 Å². The number of aromatic nitrogens is 1. The van der Waals surface area contributed by atoms with Crippen LogP contribution in [0.5, 0.6) is 0 Å². The van der Waals surface area contributed by atoms with Gasteiger partial charge in [0.05, 0.1) is 10.8 Å². The Labute approximate surface area is 286 Å². The highest BCUT2D eigenvalue weighted by molar-refractivity contribution is 7.91. The predicted octanol–water partition coefficient (Wildman–Crippen LogP) is 1.88. The van der Waals surface area contributed by atoms with Gasteiger partial charge < -0.3 is 25.4 Å². The number of hydrogen-bond donors (Lipinski definition) is 4. The molecule has 2 aromatic rings. The summed E-state index contributed by atoms with van der Waals surface area (Å²) in [5, 5.41) is 8.82. The Hall–Kier alpha value is -4.20. The van der Waals surface area contributed by atoms with Gasteiger partial charge >= 0.3 is 0 Å². The van der Waals surface area contributed by atoms with Gasteiger partial charge in [-0.15, -0.1) is 6.58 Å². The van der Waals surface area contributed by atoms with Gasteiger partial charge in [0.2, 0.25) is 27.7 Å². The first-order chi connectivity index (χ1) is 23.0. The molecule has 0 radical (unpaired) electrons. The minimum absolute atomic E-state index is 0.0152. The van der Waals surface area contributed by atoms with E-state index < -0.39 is 68.0 Å². The number of rotatable bonds is 12. The number of amides is 5. The van der Waals surface area contributed by atoms with Crippen LogP contribution in [0.2, 0.25) is 0 Å². The summed E-state index contributed by atoms with van der Waals surface area (Å²) in [7, 11) is -2.04. The van der Waals surface area contributed by atoms with Gasteiger partial charge in [0.1, 0.15) is 17.6 Å². The van der Waals surface area contributed by atoms with Crippen molar-refractivity contribution in [2.45, 2.75) is 94.6 Å². The molecule has 0 bridgehead atoms. The highest BCUT2D eigenvalue weighted by atomic mass is 32.2. The second-order valence-electron chi connectivity index (χ2n) is 15.3. The van der Waals surface area contributed by atoms with Crippen LogP contribution in [-0.4, -0.2) is 82.9 Å². The van der Waals surface area contributed by atoms with Gasteiger partial charge in [0.25, 0.3) is 11.8 Å². The van der Waals surface area contributed by atoms with Crippen LogP contribution in [-0.2, 0) is 36.2 Å². The van der Waals surface area contributed by atoms with E-state index in [1.807, 2.05) is 56.7 Å². The summed E-state index contributed by atoms with van der Waals surface area (Å²) in [6, 6.07) is 4.76. The van der Waals surface area contributed by atoms with Crippen LogP contribution in [0, 0.1) is 17.3 Å². The molecule has 2 heterocycles. The molecule has 4 fully saturated rings. The van der Waals surface area contributed by atoms with Crippen molar-refractivity contribution in [1.29, 1.82) is 0 Å². The Morgan fingerprint density at radius 1 is 1.08 bits per heavy atom. The third kappa shape index (κ3) is 7.10. The quantitative estimate of drug-likeness (QED) is 0.245. The van der Waals surface area contributed by atoms with Gasteiger partial charge in [-0.3, -0.25) is 28.7 Å². The van der Waals surface area contributed by atoms with Crippen molar-refractivity contribution in [3.05, 3.63) is 48.7 Å². The van der Waals surface area contributed by atoms with Crippen LogP contribution in [0.25, 0.3) is 10.9 Å². The summed E-state index contributed by atoms with van der Waals surface area (Å²) >= 11 is 0. The summed E-state index contributed by atoms with van der Waals surface area (Å²) in [5.41, 5.74) is -0.939. The highest BCUT2D eigenvalue weighted by Crippen LogP contribution is 2.45. The normalized spacial score (nSPS) is 25.7. The molecule has 1 aromatic carbocycles. The Balaban J connectivity index is 1.26. The third-order valence-electron chi connectivity index (χ3n) is 10.2. The lowest BCUT2D eigenvalue weighted by atomic mass is 9.85. The number of aryl methyl sites for hydroxylation is 1. The van der Waals surface area contributed by atoms with Gasteiger partial charge in [-0.05, 0) is 55.9 Å². The summed E-state index contributed by atoms with van der Waals surface area (Å²) in [5.74, 6) is -2.79. The van der Waals surface area contributed by atoms with E-state index in [1.54, 1.807) is 6.20 Å². The molecule has 3 aliphatic carbocycles. The molecule has 6 rings (SSSR count). The van der Waals surface area contributed by atoms with Gasteiger partial charge in [-0.2, -0.15) is 0 Å². The average Bonchev–Trinajstić information content (AvgIpc) is 3.96. The zero-order valence-corrected chi connectivity index (χ0v) is 29.3. The number of fused-ring (bicyclic) bond motifs is 1. The van der Waals surface area contributed by atoms with E-state index in [4.69, 9.17) is 0 Å². The molecular formula is C35H46N6O7S. The van der Waals surface area contributed by atoms with Crippen LogP contribution in [0.3, 0.4) is 0 Å². The van der Waals surface area contributed by atoms with Crippen molar-refractivity contribution in [1.82, 2.24) is 30.1 Å². The molecule has 13 nitrogen and oxygen atoms in total. The second-order valence-corrected chi connectivity index (χ2v) is 17.2. The topological polar surface area (TPSA) is 176 Å². The minimum atomic E-state index is -3.89. The first-order valence-electron chi connectivity index (χ1n) is 17.0. The van der Waals surface area contributed by atoms with E-state index >= 15 is 0 Å². The first-order valence-corrected chi connectivity index (χ1v) is 18.5. The lowest BCUT2D eigenvalue weighted by Gasteiger charge is -2.35. The zero-order valence-electron chi connectivity index (χ0n) is 28.5. The maximum atomic E-state index is 14.4. The molecule has 3 saturated carbocycles.